The Morgan fingerprint density at radius 2 is 1.90 bits per heavy atom. The van der Waals surface area contributed by atoms with Gasteiger partial charge in [0.15, 0.2) is 17.7 Å². The van der Waals surface area contributed by atoms with Gasteiger partial charge in [-0.3, -0.25) is 5.43 Å². The predicted molar refractivity (Wildman–Crippen MR) is 162 cm³/mol. The number of amides is 2. The average molecular weight is 764 g/mol. The van der Waals surface area contributed by atoms with E-state index < -0.39 is 24.3 Å². The molecule has 0 radical (unpaired) electrons. The molecule has 0 aliphatic carbocycles. The lowest BCUT2D eigenvalue weighted by atomic mass is 9.95. The van der Waals surface area contributed by atoms with Crippen molar-refractivity contribution in [1.29, 1.82) is 0 Å². The molecule has 0 saturated heterocycles. The standard InChI is InChI=1S/C26H30I2N4O7/c1-5-37-20-10-15(23-22(25(34)36-4)14(3)30-26(35)31-23)7-8-19(20)39-13-21(33)32-29-12-16-9-17(27)11-18(28)24(16)38-6-2/h7-12,21,23,32-33H,5-6,13H2,1-4H3,(H2,30,31,35)/b29-12+/t21-,23-/m0/s1. The zero-order valence-corrected chi connectivity index (χ0v) is 26.2. The van der Waals surface area contributed by atoms with Crippen LogP contribution in [-0.2, 0) is 9.53 Å². The van der Waals surface area contributed by atoms with Gasteiger partial charge in [0, 0.05) is 14.8 Å². The minimum Gasteiger partial charge on any atom is -0.492 e. The number of nitrogens with one attached hydrogen (secondary N) is 3. The van der Waals surface area contributed by atoms with E-state index in [1.165, 1.54) is 7.11 Å². The van der Waals surface area contributed by atoms with Crippen LogP contribution < -0.4 is 30.3 Å². The van der Waals surface area contributed by atoms with Crippen molar-refractivity contribution < 1.29 is 33.6 Å². The van der Waals surface area contributed by atoms with Gasteiger partial charge in [-0.15, -0.1) is 0 Å². The van der Waals surface area contributed by atoms with Crippen LogP contribution in [0.1, 0.15) is 37.9 Å². The van der Waals surface area contributed by atoms with Crippen LogP contribution in [0.2, 0.25) is 0 Å². The van der Waals surface area contributed by atoms with E-state index in [-0.39, 0.29) is 12.2 Å². The summed E-state index contributed by atoms with van der Waals surface area (Å²) in [6.07, 6.45) is 0.466. The SMILES string of the molecule is CCOc1cc([C@@H]2NC(=O)NC(C)=C2C(=O)OC)ccc1OC[C@H](O)N/N=C/c1cc(I)cc(I)c1OCC. The summed E-state index contributed by atoms with van der Waals surface area (Å²) in [6.45, 7) is 6.10. The van der Waals surface area contributed by atoms with Crippen LogP contribution in [0.3, 0.4) is 0 Å². The summed E-state index contributed by atoms with van der Waals surface area (Å²) >= 11 is 4.43. The molecule has 13 heteroatoms. The number of aliphatic hydroxyl groups is 1. The number of ether oxygens (including phenoxy) is 4. The van der Waals surface area contributed by atoms with E-state index in [0.717, 1.165) is 18.5 Å². The van der Waals surface area contributed by atoms with Crippen molar-refractivity contribution in [1.82, 2.24) is 16.1 Å². The first-order valence-electron chi connectivity index (χ1n) is 12.0. The third-order valence-corrected chi connectivity index (χ3v) is 6.85. The molecule has 0 saturated carbocycles. The van der Waals surface area contributed by atoms with Gasteiger partial charge < -0.3 is 34.7 Å². The number of urea groups is 1. The van der Waals surface area contributed by atoms with E-state index >= 15 is 0 Å². The highest BCUT2D eigenvalue weighted by Gasteiger charge is 2.32. The fourth-order valence-corrected chi connectivity index (χ4v) is 5.83. The Morgan fingerprint density at radius 3 is 2.59 bits per heavy atom. The van der Waals surface area contributed by atoms with Crippen molar-refractivity contribution in [2.75, 3.05) is 26.9 Å². The van der Waals surface area contributed by atoms with Crippen LogP contribution in [0, 0.1) is 7.14 Å². The number of allylic oxidation sites excluding steroid dienone is 1. The van der Waals surface area contributed by atoms with E-state index in [1.54, 1.807) is 31.3 Å². The lowest BCUT2D eigenvalue weighted by Gasteiger charge is -2.28. The van der Waals surface area contributed by atoms with Crippen molar-refractivity contribution in [3.63, 3.8) is 0 Å². The highest BCUT2D eigenvalue weighted by atomic mass is 127. The van der Waals surface area contributed by atoms with E-state index in [1.807, 2.05) is 26.0 Å². The van der Waals surface area contributed by atoms with Crippen molar-refractivity contribution in [3.8, 4) is 17.2 Å². The zero-order chi connectivity index (χ0) is 28.5. The molecule has 1 aliphatic rings. The molecular formula is C26H30I2N4O7. The summed E-state index contributed by atoms with van der Waals surface area (Å²) < 4.78 is 24.2. The molecular weight excluding hydrogens is 734 g/mol. The van der Waals surface area contributed by atoms with Crippen molar-refractivity contribution in [2.24, 2.45) is 5.10 Å². The summed E-state index contributed by atoms with van der Waals surface area (Å²) in [5.41, 5.74) is 4.70. The maximum Gasteiger partial charge on any atom is 0.337 e. The summed E-state index contributed by atoms with van der Waals surface area (Å²) in [5, 5.41) is 19.9. The molecule has 2 aromatic carbocycles. The molecule has 1 aliphatic heterocycles. The number of hydrazone groups is 1. The topological polar surface area (TPSA) is 140 Å². The number of aliphatic hydroxyl groups excluding tert-OH is 1. The number of carbonyl (C=O) groups is 2. The van der Waals surface area contributed by atoms with Gasteiger partial charge in [0.25, 0.3) is 0 Å². The Bertz CT molecular complexity index is 1270. The molecule has 2 amide bonds. The Morgan fingerprint density at radius 1 is 1.15 bits per heavy atom. The van der Waals surface area contributed by atoms with E-state index in [0.29, 0.717) is 36.0 Å². The molecule has 0 fully saturated rings. The first-order valence-corrected chi connectivity index (χ1v) is 14.2. The lowest BCUT2D eigenvalue weighted by Crippen LogP contribution is -2.45. The van der Waals surface area contributed by atoms with Crippen molar-refractivity contribution >= 4 is 63.4 Å². The molecule has 39 heavy (non-hydrogen) atoms. The Kier molecular flexibility index (Phi) is 11.5. The molecule has 2 atom stereocenters. The quantitative estimate of drug-likeness (QED) is 0.0843. The molecule has 3 rings (SSSR count). The first kappa shape index (κ1) is 30.7. The molecule has 11 nitrogen and oxygen atoms in total. The van der Waals surface area contributed by atoms with Gasteiger partial charge >= 0.3 is 12.0 Å². The first-order chi connectivity index (χ1) is 18.7. The number of esters is 1. The van der Waals surface area contributed by atoms with Gasteiger partial charge in [-0.05, 0) is 95.8 Å². The van der Waals surface area contributed by atoms with Gasteiger partial charge in [0.1, 0.15) is 12.4 Å². The second kappa shape index (κ2) is 14.6. The van der Waals surface area contributed by atoms with Crippen LogP contribution in [0.15, 0.2) is 46.7 Å². The maximum absolute atomic E-state index is 12.4. The van der Waals surface area contributed by atoms with Crippen LogP contribution in [-0.4, -0.2) is 56.5 Å². The monoisotopic (exact) mass is 764 g/mol. The minimum atomic E-state index is -1.12. The molecule has 0 spiro atoms. The van der Waals surface area contributed by atoms with Crippen molar-refractivity contribution in [3.05, 3.63) is 59.9 Å². The smallest absolute Gasteiger partial charge is 0.337 e. The molecule has 1 heterocycles. The number of nitrogens with zero attached hydrogens (tertiary/aromatic N) is 1. The Balaban J connectivity index is 1.72. The normalized spacial score (nSPS) is 15.9. The van der Waals surface area contributed by atoms with Gasteiger partial charge in [0.2, 0.25) is 0 Å². The maximum atomic E-state index is 12.4. The van der Waals surface area contributed by atoms with E-state index in [9.17, 15) is 14.7 Å². The van der Waals surface area contributed by atoms with Gasteiger partial charge in [-0.25, -0.2) is 9.59 Å². The summed E-state index contributed by atoms with van der Waals surface area (Å²) in [7, 11) is 1.28. The third-order valence-electron chi connectivity index (χ3n) is 5.43. The summed E-state index contributed by atoms with van der Waals surface area (Å²) in [5.74, 6) is 0.917. The van der Waals surface area contributed by atoms with Gasteiger partial charge in [0.05, 0.1) is 41.7 Å². The molecule has 2 aromatic rings. The van der Waals surface area contributed by atoms with E-state index in [4.69, 9.17) is 18.9 Å². The van der Waals surface area contributed by atoms with Gasteiger partial charge in [-0.1, -0.05) is 6.07 Å². The van der Waals surface area contributed by atoms with E-state index in [2.05, 4.69) is 66.3 Å². The molecule has 0 bridgehead atoms. The summed E-state index contributed by atoms with van der Waals surface area (Å²) in [4.78, 5) is 24.5. The van der Waals surface area contributed by atoms with Crippen molar-refractivity contribution in [2.45, 2.75) is 33.0 Å². The average Bonchev–Trinajstić information content (AvgIpc) is 2.89. The number of halogens is 2. The fourth-order valence-electron chi connectivity index (χ4n) is 3.79. The highest BCUT2D eigenvalue weighted by Crippen LogP contribution is 2.35. The zero-order valence-electron chi connectivity index (χ0n) is 21.8. The molecule has 210 valence electrons. The number of rotatable bonds is 12. The molecule has 0 unspecified atom stereocenters. The largest absolute Gasteiger partial charge is 0.492 e. The third kappa shape index (κ3) is 8.11. The summed E-state index contributed by atoms with van der Waals surface area (Å²) in [6, 6.07) is 7.79. The van der Waals surface area contributed by atoms with Gasteiger partial charge in [-0.2, -0.15) is 5.10 Å². The van der Waals surface area contributed by atoms with Crippen LogP contribution in [0.4, 0.5) is 4.79 Å². The molecule has 4 N–H and O–H groups in total. The second-order valence-electron chi connectivity index (χ2n) is 8.15. The Labute approximate surface area is 254 Å². The number of benzene rings is 2. The number of hydrogen-bond donors (Lipinski definition) is 4. The van der Waals surface area contributed by atoms with Crippen LogP contribution >= 0.6 is 45.2 Å². The number of hydrogen-bond acceptors (Lipinski definition) is 9. The Hall–Kier alpha value is -2.79. The highest BCUT2D eigenvalue weighted by molar-refractivity contribution is 14.1. The second-order valence-corrected chi connectivity index (χ2v) is 10.6. The minimum absolute atomic E-state index is 0.130. The lowest BCUT2D eigenvalue weighted by molar-refractivity contribution is -0.136. The number of methoxy groups -OCH3 is 1. The fraction of sp³-hybridized carbons (Fsp3) is 0.346. The predicted octanol–water partition coefficient (Wildman–Crippen LogP) is 3.82. The number of carbonyl (C=O) groups excluding carboxylic acids is 2. The van der Waals surface area contributed by atoms with Crippen LogP contribution in [0.5, 0.6) is 17.2 Å². The molecule has 0 aromatic heterocycles. The van der Waals surface area contributed by atoms with Crippen LogP contribution in [0.25, 0.3) is 0 Å².